The number of carbonyl (C=O) groups excluding carboxylic acids is 2. The maximum Gasteiger partial charge on any atom is 0.264 e. The summed E-state index contributed by atoms with van der Waals surface area (Å²) >= 11 is 0. The molecule has 0 bridgehead atoms. The molecular formula is C36H41N3O4S. The summed E-state index contributed by atoms with van der Waals surface area (Å²) in [7, 11) is -4.14. The van der Waals surface area contributed by atoms with Crippen molar-refractivity contribution in [1.82, 2.24) is 10.2 Å². The molecule has 4 aromatic carbocycles. The van der Waals surface area contributed by atoms with Gasteiger partial charge in [-0.05, 0) is 62.1 Å². The van der Waals surface area contributed by atoms with Crippen LogP contribution in [0.2, 0.25) is 0 Å². The summed E-state index contributed by atoms with van der Waals surface area (Å²) in [5.41, 5.74) is 4.97. The Morgan fingerprint density at radius 2 is 1.34 bits per heavy atom. The lowest BCUT2D eigenvalue weighted by atomic mass is 10.0. The standard InChI is InChI=1S/C36H41N3O4S/c1-5-31-14-10-11-15-33(31)39(44(42,43)32-22-18-28(4)19-23-32)26-35(40)38(25-30-20-16-27(3)17-21-30)34(36(41)37-6-2)24-29-12-8-7-9-13-29/h7-23,34H,5-6,24-26H2,1-4H3,(H,37,41)/t34-/m1/s1. The van der Waals surface area contributed by atoms with Gasteiger partial charge in [0, 0.05) is 19.5 Å². The van der Waals surface area contributed by atoms with Crippen LogP contribution in [0, 0.1) is 13.8 Å². The van der Waals surface area contributed by atoms with E-state index < -0.39 is 28.5 Å². The van der Waals surface area contributed by atoms with Gasteiger partial charge in [0.15, 0.2) is 0 Å². The second kappa shape index (κ2) is 14.8. The number of amides is 2. The van der Waals surface area contributed by atoms with Crippen molar-refractivity contribution < 1.29 is 18.0 Å². The number of benzene rings is 4. The van der Waals surface area contributed by atoms with E-state index in [4.69, 9.17) is 0 Å². The summed E-state index contributed by atoms with van der Waals surface area (Å²) in [5, 5.41) is 2.90. The van der Waals surface area contributed by atoms with Gasteiger partial charge in [0.1, 0.15) is 12.6 Å². The van der Waals surface area contributed by atoms with Crippen molar-refractivity contribution in [2.24, 2.45) is 0 Å². The van der Waals surface area contributed by atoms with E-state index in [-0.39, 0.29) is 23.8 Å². The number of rotatable bonds is 13. The van der Waals surface area contributed by atoms with Crippen LogP contribution >= 0.6 is 0 Å². The largest absolute Gasteiger partial charge is 0.355 e. The Balaban J connectivity index is 1.82. The van der Waals surface area contributed by atoms with Crippen molar-refractivity contribution in [2.75, 3.05) is 17.4 Å². The topological polar surface area (TPSA) is 86.8 Å². The number of anilines is 1. The minimum atomic E-state index is -4.14. The Labute approximate surface area is 261 Å². The van der Waals surface area contributed by atoms with Crippen LogP contribution in [0.15, 0.2) is 108 Å². The molecule has 0 aliphatic rings. The third kappa shape index (κ3) is 7.94. The third-order valence-corrected chi connectivity index (χ3v) is 9.40. The van der Waals surface area contributed by atoms with Crippen LogP contribution in [-0.2, 0) is 39.0 Å². The van der Waals surface area contributed by atoms with Crippen LogP contribution in [0.25, 0.3) is 0 Å². The van der Waals surface area contributed by atoms with Crippen LogP contribution in [-0.4, -0.2) is 44.3 Å². The minimum Gasteiger partial charge on any atom is -0.355 e. The molecule has 1 atom stereocenters. The number of hydrogen-bond donors (Lipinski definition) is 1. The summed E-state index contributed by atoms with van der Waals surface area (Å²) in [5.74, 6) is -0.766. The highest BCUT2D eigenvalue weighted by Gasteiger charge is 2.35. The number of sulfonamides is 1. The fourth-order valence-electron chi connectivity index (χ4n) is 5.14. The van der Waals surface area contributed by atoms with Gasteiger partial charge in [-0.2, -0.15) is 0 Å². The van der Waals surface area contributed by atoms with Crippen molar-refractivity contribution in [3.05, 3.63) is 131 Å². The number of hydrogen-bond acceptors (Lipinski definition) is 4. The molecule has 0 fully saturated rings. The Kier molecular flexibility index (Phi) is 11.0. The summed E-state index contributed by atoms with van der Waals surface area (Å²) in [6, 6.07) is 30.3. The van der Waals surface area contributed by atoms with Crippen molar-refractivity contribution in [3.63, 3.8) is 0 Å². The number of likely N-dealkylation sites (N-methyl/N-ethyl adjacent to an activating group) is 1. The van der Waals surface area contributed by atoms with E-state index in [9.17, 15) is 18.0 Å². The number of carbonyl (C=O) groups is 2. The maximum absolute atomic E-state index is 14.5. The Hall–Kier alpha value is -4.43. The highest BCUT2D eigenvalue weighted by molar-refractivity contribution is 7.92. The third-order valence-electron chi connectivity index (χ3n) is 7.62. The van der Waals surface area contributed by atoms with Gasteiger partial charge in [0.05, 0.1) is 10.6 Å². The van der Waals surface area contributed by atoms with Gasteiger partial charge in [0.2, 0.25) is 11.8 Å². The number of aryl methyl sites for hydroxylation is 3. The number of nitrogens with zero attached hydrogens (tertiary/aromatic N) is 2. The van der Waals surface area contributed by atoms with Gasteiger partial charge in [-0.3, -0.25) is 13.9 Å². The average molecular weight is 612 g/mol. The van der Waals surface area contributed by atoms with E-state index in [1.807, 2.05) is 94.4 Å². The molecule has 0 aliphatic carbocycles. The Morgan fingerprint density at radius 3 is 1.95 bits per heavy atom. The maximum atomic E-state index is 14.5. The molecular weight excluding hydrogens is 570 g/mol. The fourth-order valence-corrected chi connectivity index (χ4v) is 6.59. The first-order chi connectivity index (χ1) is 21.1. The average Bonchev–Trinajstić information content (AvgIpc) is 3.03. The summed E-state index contributed by atoms with van der Waals surface area (Å²) < 4.78 is 29.7. The predicted octanol–water partition coefficient (Wildman–Crippen LogP) is 5.84. The molecule has 0 saturated heterocycles. The Morgan fingerprint density at radius 1 is 0.750 bits per heavy atom. The quantitative estimate of drug-likeness (QED) is 0.206. The van der Waals surface area contributed by atoms with E-state index in [0.29, 0.717) is 18.7 Å². The van der Waals surface area contributed by atoms with Gasteiger partial charge in [-0.1, -0.05) is 103 Å². The van der Waals surface area contributed by atoms with Gasteiger partial charge >= 0.3 is 0 Å². The predicted molar refractivity (Wildman–Crippen MR) is 176 cm³/mol. The highest BCUT2D eigenvalue weighted by atomic mass is 32.2. The second-order valence-corrected chi connectivity index (χ2v) is 12.8. The molecule has 44 heavy (non-hydrogen) atoms. The van der Waals surface area contributed by atoms with Gasteiger partial charge < -0.3 is 10.2 Å². The second-order valence-electron chi connectivity index (χ2n) is 10.9. The van der Waals surface area contributed by atoms with Crippen LogP contribution in [0.1, 0.15) is 41.7 Å². The zero-order valence-corrected chi connectivity index (χ0v) is 26.7. The van der Waals surface area contributed by atoms with E-state index in [1.165, 1.54) is 9.21 Å². The zero-order valence-electron chi connectivity index (χ0n) is 25.9. The first-order valence-electron chi connectivity index (χ1n) is 15.0. The number of nitrogens with one attached hydrogen (secondary N) is 1. The van der Waals surface area contributed by atoms with Gasteiger partial charge in [0.25, 0.3) is 10.0 Å². The zero-order chi connectivity index (χ0) is 31.7. The molecule has 0 radical (unpaired) electrons. The molecule has 2 amide bonds. The van der Waals surface area contributed by atoms with Gasteiger partial charge in [-0.15, -0.1) is 0 Å². The molecule has 4 aromatic rings. The molecule has 4 rings (SSSR count). The molecule has 230 valence electrons. The normalized spacial score (nSPS) is 11.9. The monoisotopic (exact) mass is 611 g/mol. The lowest BCUT2D eigenvalue weighted by Gasteiger charge is -2.34. The fraction of sp³-hybridized carbons (Fsp3) is 0.278. The minimum absolute atomic E-state index is 0.0939. The molecule has 0 heterocycles. The van der Waals surface area contributed by atoms with Crippen molar-refractivity contribution in [3.8, 4) is 0 Å². The van der Waals surface area contributed by atoms with E-state index in [2.05, 4.69) is 5.32 Å². The summed E-state index contributed by atoms with van der Waals surface area (Å²) in [6.45, 7) is 7.73. The molecule has 8 heteroatoms. The lowest BCUT2D eigenvalue weighted by Crippen LogP contribution is -2.53. The molecule has 0 aromatic heterocycles. The first kappa shape index (κ1) is 32.5. The number of para-hydroxylation sites is 1. The first-order valence-corrected chi connectivity index (χ1v) is 16.4. The van der Waals surface area contributed by atoms with E-state index >= 15 is 0 Å². The van der Waals surface area contributed by atoms with Gasteiger partial charge in [-0.25, -0.2) is 8.42 Å². The van der Waals surface area contributed by atoms with Crippen LogP contribution in [0.4, 0.5) is 5.69 Å². The van der Waals surface area contributed by atoms with Crippen molar-refractivity contribution in [1.29, 1.82) is 0 Å². The molecule has 0 saturated carbocycles. The Bertz CT molecular complexity index is 1650. The molecule has 7 nitrogen and oxygen atoms in total. The van der Waals surface area contributed by atoms with Crippen LogP contribution in [0.3, 0.4) is 0 Å². The van der Waals surface area contributed by atoms with Crippen molar-refractivity contribution in [2.45, 2.75) is 58.0 Å². The SMILES string of the molecule is CCNC(=O)[C@@H](Cc1ccccc1)N(Cc1ccc(C)cc1)C(=O)CN(c1ccccc1CC)S(=O)(=O)c1ccc(C)cc1. The van der Waals surface area contributed by atoms with Crippen LogP contribution < -0.4 is 9.62 Å². The molecule has 0 aliphatic heterocycles. The van der Waals surface area contributed by atoms with E-state index in [1.54, 1.807) is 36.4 Å². The van der Waals surface area contributed by atoms with Crippen molar-refractivity contribution >= 4 is 27.5 Å². The molecule has 0 unspecified atom stereocenters. The van der Waals surface area contributed by atoms with Crippen LogP contribution in [0.5, 0.6) is 0 Å². The molecule has 1 N–H and O–H groups in total. The summed E-state index contributed by atoms with van der Waals surface area (Å²) in [4.78, 5) is 29.7. The smallest absolute Gasteiger partial charge is 0.264 e. The summed E-state index contributed by atoms with van der Waals surface area (Å²) in [6.07, 6.45) is 0.855. The molecule has 0 spiro atoms. The lowest BCUT2D eigenvalue weighted by molar-refractivity contribution is -0.140. The van der Waals surface area contributed by atoms with E-state index in [0.717, 1.165) is 27.8 Å². The highest BCUT2D eigenvalue weighted by Crippen LogP contribution is 2.28.